The summed E-state index contributed by atoms with van der Waals surface area (Å²) < 4.78 is 0. The van der Waals surface area contributed by atoms with Crippen LogP contribution in [0.4, 0.5) is 0 Å². The molecule has 1 rings (SSSR count). The van der Waals surface area contributed by atoms with E-state index in [2.05, 4.69) is 18.8 Å². The highest BCUT2D eigenvalue weighted by Crippen LogP contribution is 2.20. The Bertz CT molecular complexity index is 240. The van der Waals surface area contributed by atoms with E-state index in [-0.39, 0.29) is 11.9 Å². The first-order valence-corrected chi connectivity index (χ1v) is 6.35. The van der Waals surface area contributed by atoms with Gasteiger partial charge in [-0.15, -0.1) is 6.58 Å². The molecule has 1 amide bonds. The van der Waals surface area contributed by atoms with E-state index in [4.69, 9.17) is 0 Å². The molecule has 3 heteroatoms. The number of carbonyl (C=O) groups excluding carboxylic acids is 1. The zero-order valence-electron chi connectivity index (χ0n) is 10.5. The molecule has 2 unspecified atom stereocenters. The molecule has 0 aliphatic carbocycles. The van der Waals surface area contributed by atoms with Crippen molar-refractivity contribution >= 4 is 5.91 Å². The van der Waals surface area contributed by atoms with Crippen LogP contribution < -0.4 is 5.32 Å². The van der Waals surface area contributed by atoms with E-state index in [1.807, 2.05) is 11.8 Å². The fourth-order valence-electron chi connectivity index (χ4n) is 2.31. The fourth-order valence-corrected chi connectivity index (χ4v) is 2.31. The zero-order valence-corrected chi connectivity index (χ0v) is 10.5. The van der Waals surface area contributed by atoms with E-state index in [9.17, 15) is 4.79 Å². The summed E-state index contributed by atoms with van der Waals surface area (Å²) in [4.78, 5) is 14.1. The average molecular weight is 224 g/mol. The van der Waals surface area contributed by atoms with Crippen molar-refractivity contribution in [3.63, 3.8) is 0 Å². The van der Waals surface area contributed by atoms with Gasteiger partial charge in [0.15, 0.2) is 0 Å². The van der Waals surface area contributed by atoms with Crippen molar-refractivity contribution in [2.75, 3.05) is 19.6 Å². The largest absolute Gasteiger partial charge is 0.338 e. The van der Waals surface area contributed by atoms with E-state index >= 15 is 0 Å². The molecule has 0 aromatic heterocycles. The van der Waals surface area contributed by atoms with Gasteiger partial charge >= 0.3 is 0 Å². The van der Waals surface area contributed by atoms with Crippen molar-refractivity contribution in [2.45, 2.75) is 39.2 Å². The lowest BCUT2D eigenvalue weighted by atomic mass is 9.90. The summed E-state index contributed by atoms with van der Waals surface area (Å²) in [6, 6.07) is 0.0265. The molecule has 0 spiro atoms. The summed E-state index contributed by atoms with van der Waals surface area (Å²) in [6.07, 6.45) is 5.16. The Kier molecular flexibility index (Phi) is 5.53. The van der Waals surface area contributed by atoms with Gasteiger partial charge in [-0.05, 0) is 32.2 Å². The molecule has 1 fully saturated rings. The van der Waals surface area contributed by atoms with Gasteiger partial charge < -0.3 is 10.2 Å². The monoisotopic (exact) mass is 224 g/mol. The van der Waals surface area contributed by atoms with Gasteiger partial charge in [0.05, 0.1) is 6.04 Å². The summed E-state index contributed by atoms with van der Waals surface area (Å²) in [6.45, 7) is 10.3. The highest BCUT2D eigenvalue weighted by atomic mass is 16.2. The first-order chi connectivity index (χ1) is 7.72. The van der Waals surface area contributed by atoms with Crippen molar-refractivity contribution < 1.29 is 4.79 Å². The van der Waals surface area contributed by atoms with Crippen LogP contribution in [0.5, 0.6) is 0 Å². The quantitative estimate of drug-likeness (QED) is 0.722. The number of amides is 1. The number of nitrogens with one attached hydrogen (secondary N) is 1. The first-order valence-electron chi connectivity index (χ1n) is 6.35. The second-order valence-corrected chi connectivity index (χ2v) is 4.47. The summed E-state index contributed by atoms with van der Waals surface area (Å²) >= 11 is 0. The van der Waals surface area contributed by atoms with Gasteiger partial charge in [0.1, 0.15) is 0 Å². The minimum absolute atomic E-state index is 0.0265. The maximum absolute atomic E-state index is 12.2. The molecule has 0 bridgehead atoms. The molecule has 3 nitrogen and oxygen atoms in total. The maximum atomic E-state index is 12.2. The minimum atomic E-state index is 0.0265. The Morgan fingerprint density at radius 3 is 2.88 bits per heavy atom. The third-order valence-electron chi connectivity index (χ3n) is 3.43. The molecule has 2 atom stereocenters. The van der Waals surface area contributed by atoms with Gasteiger partial charge in [-0.2, -0.15) is 0 Å². The van der Waals surface area contributed by atoms with Crippen molar-refractivity contribution in [3.8, 4) is 0 Å². The van der Waals surface area contributed by atoms with Crippen LogP contribution in [-0.2, 0) is 4.79 Å². The van der Waals surface area contributed by atoms with E-state index in [0.29, 0.717) is 12.5 Å². The van der Waals surface area contributed by atoms with Crippen LogP contribution in [0.2, 0.25) is 0 Å². The number of nitrogens with zero attached hydrogens (tertiary/aromatic N) is 1. The first kappa shape index (κ1) is 13.2. The molecule has 1 saturated heterocycles. The zero-order chi connectivity index (χ0) is 12.0. The molecule has 16 heavy (non-hydrogen) atoms. The molecular weight excluding hydrogens is 200 g/mol. The van der Waals surface area contributed by atoms with Crippen molar-refractivity contribution in [2.24, 2.45) is 5.92 Å². The van der Waals surface area contributed by atoms with Crippen LogP contribution in [0.15, 0.2) is 12.7 Å². The third-order valence-corrected chi connectivity index (χ3v) is 3.43. The van der Waals surface area contributed by atoms with Crippen LogP contribution in [0.1, 0.15) is 33.1 Å². The number of hydrogen-bond donors (Lipinski definition) is 1. The van der Waals surface area contributed by atoms with Crippen LogP contribution in [0, 0.1) is 5.92 Å². The van der Waals surface area contributed by atoms with Gasteiger partial charge in [-0.25, -0.2) is 0 Å². The van der Waals surface area contributed by atoms with E-state index in [0.717, 1.165) is 19.5 Å². The lowest BCUT2D eigenvalue weighted by Gasteiger charge is -2.32. The van der Waals surface area contributed by atoms with Gasteiger partial charge in [0.2, 0.25) is 5.91 Å². The van der Waals surface area contributed by atoms with Crippen molar-refractivity contribution in [1.29, 1.82) is 0 Å². The molecular formula is C13H24N2O. The van der Waals surface area contributed by atoms with Crippen molar-refractivity contribution in [3.05, 3.63) is 12.7 Å². The Morgan fingerprint density at radius 1 is 1.56 bits per heavy atom. The highest BCUT2D eigenvalue weighted by molar-refractivity contribution is 5.82. The van der Waals surface area contributed by atoms with Crippen LogP contribution in [0.3, 0.4) is 0 Å². The molecule has 0 aromatic rings. The van der Waals surface area contributed by atoms with Crippen LogP contribution in [-0.4, -0.2) is 36.5 Å². The number of likely N-dealkylation sites (N-methyl/N-ethyl adjacent to an activating group) is 1. The Morgan fingerprint density at radius 2 is 2.31 bits per heavy atom. The minimum Gasteiger partial charge on any atom is -0.338 e. The molecule has 0 saturated carbocycles. The van der Waals surface area contributed by atoms with E-state index in [1.165, 1.54) is 12.8 Å². The number of rotatable bonds is 5. The number of piperidine rings is 1. The SMILES string of the molecule is C=CCN(CC)C(=O)C1CC(CC)CCN1. The summed E-state index contributed by atoms with van der Waals surface area (Å²) in [5, 5.41) is 3.33. The number of carbonyl (C=O) groups is 1. The smallest absolute Gasteiger partial charge is 0.239 e. The molecule has 92 valence electrons. The summed E-state index contributed by atoms with van der Waals surface area (Å²) in [7, 11) is 0. The second kappa shape index (κ2) is 6.69. The fraction of sp³-hybridized carbons (Fsp3) is 0.769. The lowest BCUT2D eigenvalue weighted by Crippen LogP contribution is -2.50. The predicted octanol–water partition coefficient (Wildman–Crippen LogP) is 1.80. The normalized spacial score (nSPS) is 25.1. The highest BCUT2D eigenvalue weighted by Gasteiger charge is 2.28. The summed E-state index contributed by atoms with van der Waals surface area (Å²) in [5.74, 6) is 0.943. The molecule has 1 N–H and O–H groups in total. The van der Waals surface area contributed by atoms with Gasteiger partial charge in [-0.1, -0.05) is 19.4 Å². The molecule has 1 aliphatic rings. The predicted molar refractivity (Wildman–Crippen MR) is 67.3 cm³/mol. The molecule has 0 aromatic carbocycles. The average Bonchev–Trinajstić information content (AvgIpc) is 2.35. The lowest BCUT2D eigenvalue weighted by molar-refractivity contribution is -0.133. The van der Waals surface area contributed by atoms with Crippen molar-refractivity contribution in [1.82, 2.24) is 10.2 Å². The summed E-state index contributed by atoms with van der Waals surface area (Å²) in [5.41, 5.74) is 0. The van der Waals surface area contributed by atoms with Gasteiger partial charge in [0.25, 0.3) is 0 Å². The Labute approximate surface area is 98.9 Å². The van der Waals surface area contributed by atoms with E-state index < -0.39 is 0 Å². The topological polar surface area (TPSA) is 32.3 Å². The Balaban J connectivity index is 2.54. The maximum Gasteiger partial charge on any atom is 0.239 e. The van der Waals surface area contributed by atoms with Gasteiger partial charge in [-0.3, -0.25) is 4.79 Å². The molecule has 1 aliphatic heterocycles. The van der Waals surface area contributed by atoms with Gasteiger partial charge in [0, 0.05) is 13.1 Å². The van der Waals surface area contributed by atoms with Crippen LogP contribution in [0.25, 0.3) is 0 Å². The molecule has 1 heterocycles. The standard InChI is InChI=1S/C13H24N2O/c1-4-9-15(6-3)13(16)12-10-11(5-2)7-8-14-12/h4,11-12,14H,1,5-10H2,2-3H3. The second-order valence-electron chi connectivity index (χ2n) is 4.47. The van der Waals surface area contributed by atoms with E-state index in [1.54, 1.807) is 6.08 Å². The third kappa shape index (κ3) is 3.34. The molecule has 0 radical (unpaired) electrons. The van der Waals surface area contributed by atoms with Crippen LogP contribution >= 0.6 is 0 Å². The number of hydrogen-bond acceptors (Lipinski definition) is 2. The Hall–Kier alpha value is -0.830.